The second kappa shape index (κ2) is 5.61. The molecule has 0 amide bonds. The Labute approximate surface area is 153 Å². The Bertz CT molecular complexity index is 1020. The molecule has 2 aromatic heterocycles. The normalized spacial score (nSPS) is 27.7. The molecule has 3 heterocycles. The lowest BCUT2D eigenvalue weighted by Crippen LogP contribution is -2.46. The smallest absolute Gasteiger partial charge is 0.531 e. The number of hydrogen-bond donors (Lipinski definition) is 3. The Morgan fingerprint density at radius 2 is 2.23 bits per heavy atom. The topological polar surface area (TPSA) is 87.2 Å². The minimum absolute atomic E-state index is 0.220. The summed E-state index contributed by atoms with van der Waals surface area (Å²) in [4.78, 5) is 7.51. The van der Waals surface area contributed by atoms with E-state index in [1.165, 1.54) is 0 Å². The lowest BCUT2D eigenvalue weighted by Gasteiger charge is -2.41. The first-order chi connectivity index (χ1) is 12.4. The van der Waals surface area contributed by atoms with Crippen LogP contribution in [0.3, 0.4) is 0 Å². The summed E-state index contributed by atoms with van der Waals surface area (Å²) >= 11 is 0. The van der Waals surface area contributed by atoms with Crippen LogP contribution in [0.2, 0.25) is 0 Å². The van der Waals surface area contributed by atoms with Crippen LogP contribution >= 0.6 is 0 Å². The van der Waals surface area contributed by atoms with Crippen molar-refractivity contribution in [2.45, 2.75) is 43.9 Å². The Balaban J connectivity index is 1.46. The van der Waals surface area contributed by atoms with Gasteiger partial charge in [0.05, 0.1) is 6.20 Å². The van der Waals surface area contributed by atoms with Gasteiger partial charge in [0.1, 0.15) is 11.4 Å². The van der Waals surface area contributed by atoms with Gasteiger partial charge in [-0.1, -0.05) is 0 Å². The second-order valence-corrected chi connectivity index (χ2v) is 10.1. The van der Waals surface area contributed by atoms with Crippen LogP contribution in [0, 0.1) is 5.92 Å². The van der Waals surface area contributed by atoms with Gasteiger partial charge in [-0.05, 0) is 61.5 Å². The van der Waals surface area contributed by atoms with E-state index in [4.69, 9.17) is 4.65 Å². The summed E-state index contributed by atoms with van der Waals surface area (Å²) in [6.07, 6.45) is 7.37. The zero-order chi connectivity index (χ0) is 18.1. The first kappa shape index (κ1) is 16.4. The maximum atomic E-state index is 12.6. The molecule has 3 N–H and O–H groups in total. The summed E-state index contributed by atoms with van der Waals surface area (Å²) in [5, 5.41) is 11.6. The number of allylic oxidation sites excluding steroid dienone is 2. The SMILES string of the molecule is C=S(=O)(NC1CC(C2=C(C)B(O)Oc3cnc4[nH]ccc4c32)C1)C1CC1. The van der Waals surface area contributed by atoms with Gasteiger partial charge in [-0.25, -0.2) is 9.71 Å². The summed E-state index contributed by atoms with van der Waals surface area (Å²) in [7, 11) is -3.11. The Morgan fingerprint density at radius 3 is 2.96 bits per heavy atom. The summed E-state index contributed by atoms with van der Waals surface area (Å²) in [6.45, 7) is 1.93. The Morgan fingerprint density at radius 1 is 1.46 bits per heavy atom. The molecule has 0 saturated heterocycles. The summed E-state index contributed by atoms with van der Waals surface area (Å²) in [6, 6.07) is 2.22. The Kier molecular flexibility index (Phi) is 3.54. The number of nitrogens with zero attached hydrogens (tertiary/aromatic N) is 1. The molecule has 1 unspecified atom stereocenters. The summed E-state index contributed by atoms with van der Waals surface area (Å²) in [5.41, 5.74) is 3.84. The van der Waals surface area contributed by atoms with Crippen molar-refractivity contribution >= 4 is 39.3 Å². The van der Waals surface area contributed by atoms with E-state index in [1.54, 1.807) is 6.20 Å². The molecule has 2 aromatic rings. The van der Waals surface area contributed by atoms with Gasteiger partial charge in [0.25, 0.3) is 0 Å². The fourth-order valence-electron chi connectivity index (χ4n) is 4.20. The first-order valence-electron chi connectivity index (χ1n) is 9.09. The van der Waals surface area contributed by atoms with Gasteiger partial charge in [-0.2, -0.15) is 0 Å². The van der Waals surface area contributed by atoms with Crippen molar-refractivity contribution in [3.05, 3.63) is 29.5 Å². The quantitative estimate of drug-likeness (QED) is 0.566. The molecule has 2 saturated carbocycles. The van der Waals surface area contributed by atoms with Crippen LogP contribution in [0.4, 0.5) is 0 Å². The molecule has 2 aliphatic carbocycles. The monoisotopic (exact) mass is 371 g/mol. The third-order valence-electron chi connectivity index (χ3n) is 5.83. The van der Waals surface area contributed by atoms with Crippen LogP contribution < -0.4 is 9.38 Å². The standard InChI is InChI=1S/C18H22BN3O3S/c1-10-16(11-7-12(8-11)22-26(2,24)13-3-4-13)17-14-5-6-20-18(14)21-9-15(17)25-19(10)23/h5-6,9,11-13,23H,2-4,7-8H2,1H3,(H,20,21)(H,22,24). The van der Waals surface area contributed by atoms with Crippen molar-refractivity contribution in [3.8, 4) is 5.75 Å². The number of aromatic nitrogens is 2. The number of nitrogens with one attached hydrogen (secondary N) is 2. The maximum absolute atomic E-state index is 12.6. The molecular weight excluding hydrogens is 349 g/mol. The highest BCUT2D eigenvalue weighted by Crippen LogP contribution is 2.48. The van der Waals surface area contributed by atoms with Gasteiger partial charge in [-0.3, -0.25) is 4.21 Å². The van der Waals surface area contributed by atoms with Crippen molar-refractivity contribution < 1.29 is 13.9 Å². The van der Waals surface area contributed by atoms with Crippen molar-refractivity contribution in [3.63, 3.8) is 0 Å². The molecule has 0 spiro atoms. The minimum Gasteiger partial charge on any atom is -0.531 e. The molecule has 1 atom stereocenters. The van der Waals surface area contributed by atoms with Gasteiger partial charge >= 0.3 is 7.12 Å². The van der Waals surface area contributed by atoms with E-state index in [0.717, 1.165) is 53.3 Å². The van der Waals surface area contributed by atoms with E-state index in [-0.39, 0.29) is 11.3 Å². The predicted octanol–water partition coefficient (Wildman–Crippen LogP) is 1.91. The van der Waals surface area contributed by atoms with Gasteiger partial charge in [0.2, 0.25) is 0 Å². The van der Waals surface area contributed by atoms with Crippen LogP contribution in [-0.2, 0) is 9.71 Å². The van der Waals surface area contributed by atoms with Gasteiger partial charge in [0.15, 0.2) is 0 Å². The van der Waals surface area contributed by atoms with Crippen LogP contribution in [-0.4, -0.2) is 43.5 Å². The highest BCUT2D eigenvalue weighted by molar-refractivity contribution is 7.99. The number of pyridine rings is 1. The number of aromatic amines is 1. The zero-order valence-electron chi connectivity index (χ0n) is 14.7. The molecule has 0 aromatic carbocycles. The van der Waals surface area contributed by atoms with Crippen molar-refractivity contribution in [1.29, 1.82) is 0 Å². The van der Waals surface area contributed by atoms with Crippen LogP contribution in [0.5, 0.6) is 5.75 Å². The van der Waals surface area contributed by atoms with Gasteiger partial charge in [0, 0.05) is 38.1 Å². The van der Waals surface area contributed by atoms with Crippen LogP contribution in [0.1, 0.15) is 38.2 Å². The fourth-order valence-corrected chi connectivity index (χ4v) is 6.05. The minimum atomic E-state index is -2.17. The van der Waals surface area contributed by atoms with Gasteiger partial charge in [-0.15, -0.1) is 0 Å². The number of fused-ring (bicyclic) bond motifs is 3. The van der Waals surface area contributed by atoms with E-state index in [0.29, 0.717) is 11.7 Å². The second-order valence-electron chi connectivity index (χ2n) is 7.71. The molecule has 136 valence electrons. The molecule has 0 radical (unpaired) electrons. The molecule has 2 fully saturated rings. The van der Waals surface area contributed by atoms with E-state index in [2.05, 4.69) is 20.6 Å². The third kappa shape index (κ3) is 2.51. The number of H-pyrrole nitrogens is 1. The molecular formula is C18H22BN3O3S. The lowest BCUT2D eigenvalue weighted by atomic mass is 9.64. The Hall–Kier alpha value is -1.77. The number of hydrogen-bond acceptors (Lipinski definition) is 4. The van der Waals surface area contributed by atoms with Crippen LogP contribution in [0.15, 0.2) is 23.9 Å². The summed E-state index contributed by atoms with van der Waals surface area (Å²) in [5.74, 6) is 4.85. The third-order valence-corrected chi connectivity index (χ3v) is 8.11. The van der Waals surface area contributed by atoms with Gasteiger partial charge < -0.3 is 14.7 Å². The van der Waals surface area contributed by atoms with Crippen LogP contribution in [0.25, 0.3) is 16.6 Å². The van der Waals surface area contributed by atoms with Crippen molar-refractivity contribution in [2.24, 2.45) is 5.92 Å². The molecule has 8 heteroatoms. The predicted molar refractivity (Wildman–Crippen MR) is 105 cm³/mol. The maximum Gasteiger partial charge on any atom is 0.555 e. The lowest BCUT2D eigenvalue weighted by molar-refractivity contribution is 0.310. The molecule has 26 heavy (non-hydrogen) atoms. The van der Waals surface area contributed by atoms with Crippen molar-refractivity contribution in [2.75, 3.05) is 0 Å². The molecule has 0 bridgehead atoms. The van der Waals surface area contributed by atoms with E-state index >= 15 is 0 Å². The van der Waals surface area contributed by atoms with E-state index in [9.17, 15) is 9.23 Å². The molecule has 5 rings (SSSR count). The van der Waals surface area contributed by atoms with E-state index < -0.39 is 16.8 Å². The average molecular weight is 371 g/mol. The number of rotatable bonds is 4. The largest absolute Gasteiger partial charge is 0.555 e. The van der Waals surface area contributed by atoms with Crippen molar-refractivity contribution in [1.82, 2.24) is 14.7 Å². The van der Waals surface area contributed by atoms with E-state index in [1.807, 2.05) is 19.2 Å². The molecule has 3 aliphatic rings. The first-order valence-corrected chi connectivity index (χ1v) is 10.9. The molecule has 1 aliphatic heterocycles. The molecule has 6 nitrogen and oxygen atoms in total. The summed E-state index contributed by atoms with van der Waals surface area (Å²) < 4.78 is 21.5. The highest BCUT2D eigenvalue weighted by atomic mass is 32.2. The highest BCUT2D eigenvalue weighted by Gasteiger charge is 2.42. The fraction of sp³-hybridized carbons (Fsp3) is 0.444. The zero-order valence-corrected chi connectivity index (χ0v) is 15.5. The average Bonchev–Trinajstić information content (AvgIpc) is 3.32.